The van der Waals surface area contributed by atoms with Gasteiger partial charge in [0, 0.05) is 30.6 Å². The molecule has 0 aliphatic rings. The molecule has 1 amide bonds. The average Bonchev–Trinajstić information content (AvgIpc) is 3.35. The molecule has 0 aliphatic carbocycles. The first-order valence-electron chi connectivity index (χ1n) is 9.97. The van der Waals surface area contributed by atoms with Crippen LogP contribution in [0.2, 0.25) is 0 Å². The molecule has 4 aromatic rings. The Kier molecular flexibility index (Phi) is 5.95. The Bertz CT molecular complexity index is 1210. The van der Waals surface area contributed by atoms with Crippen molar-refractivity contribution in [3.8, 4) is 11.5 Å². The number of rotatable bonds is 7. The minimum Gasteiger partial charge on any atom is -0.497 e. The zero-order chi connectivity index (χ0) is 22.0. The van der Waals surface area contributed by atoms with E-state index >= 15 is 0 Å². The number of aryl methyl sites for hydroxylation is 1. The average molecular weight is 436 g/mol. The van der Waals surface area contributed by atoms with E-state index in [1.54, 1.807) is 26.2 Å². The number of methoxy groups -OCH3 is 2. The van der Waals surface area contributed by atoms with E-state index in [0.717, 1.165) is 27.2 Å². The summed E-state index contributed by atoms with van der Waals surface area (Å²) in [7, 11) is 5.04. The van der Waals surface area contributed by atoms with Gasteiger partial charge in [-0.05, 0) is 30.7 Å². The number of hydrogen-bond acceptors (Lipinski definition) is 5. The highest BCUT2D eigenvalue weighted by Crippen LogP contribution is 2.31. The van der Waals surface area contributed by atoms with Gasteiger partial charge in [0.25, 0.3) is 5.91 Å². The van der Waals surface area contributed by atoms with E-state index in [1.807, 2.05) is 54.1 Å². The molecule has 2 heterocycles. The summed E-state index contributed by atoms with van der Waals surface area (Å²) in [6, 6.07) is 17.8. The molecule has 160 valence electrons. The Hall–Kier alpha value is -3.32. The van der Waals surface area contributed by atoms with Crippen LogP contribution in [0.3, 0.4) is 0 Å². The third kappa shape index (κ3) is 4.27. The van der Waals surface area contributed by atoms with Crippen molar-refractivity contribution in [3.05, 3.63) is 76.3 Å². The first-order valence-corrected chi connectivity index (χ1v) is 10.8. The molecule has 0 saturated heterocycles. The van der Waals surface area contributed by atoms with Crippen molar-refractivity contribution in [3.63, 3.8) is 0 Å². The van der Waals surface area contributed by atoms with Gasteiger partial charge in [0.2, 0.25) is 0 Å². The highest BCUT2D eigenvalue weighted by molar-refractivity contribution is 7.20. The summed E-state index contributed by atoms with van der Waals surface area (Å²) in [5.41, 5.74) is 3.03. The number of benzene rings is 2. The van der Waals surface area contributed by atoms with Crippen LogP contribution >= 0.6 is 11.3 Å². The second kappa shape index (κ2) is 8.81. The van der Waals surface area contributed by atoms with Crippen LogP contribution in [0.25, 0.3) is 10.2 Å². The van der Waals surface area contributed by atoms with Gasteiger partial charge >= 0.3 is 0 Å². The molecule has 0 aliphatic heterocycles. The number of hydrogen-bond donors (Lipinski definition) is 0. The van der Waals surface area contributed by atoms with Crippen LogP contribution in [0.5, 0.6) is 11.5 Å². The van der Waals surface area contributed by atoms with Gasteiger partial charge in [0.15, 0.2) is 0 Å². The van der Waals surface area contributed by atoms with Crippen molar-refractivity contribution in [1.82, 2.24) is 14.7 Å². The molecule has 0 atom stereocenters. The predicted molar refractivity (Wildman–Crippen MR) is 123 cm³/mol. The van der Waals surface area contributed by atoms with Crippen molar-refractivity contribution in [1.29, 1.82) is 0 Å². The summed E-state index contributed by atoms with van der Waals surface area (Å²) in [6.07, 6.45) is 0. The van der Waals surface area contributed by atoms with Gasteiger partial charge < -0.3 is 14.4 Å². The second-order valence-corrected chi connectivity index (χ2v) is 8.43. The fourth-order valence-corrected chi connectivity index (χ4v) is 4.74. The van der Waals surface area contributed by atoms with Crippen molar-refractivity contribution in [2.45, 2.75) is 20.0 Å². The molecule has 31 heavy (non-hydrogen) atoms. The monoisotopic (exact) mass is 435 g/mol. The van der Waals surface area contributed by atoms with E-state index in [1.165, 1.54) is 16.9 Å². The van der Waals surface area contributed by atoms with Crippen LogP contribution in [0.4, 0.5) is 0 Å². The van der Waals surface area contributed by atoms with Gasteiger partial charge in [-0.25, -0.2) is 0 Å². The molecule has 0 unspecified atom stereocenters. The molecule has 2 aromatic carbocycles. The number of fused-ring (bicyclic) bond motifs is 1. The number of aromatic nitrogens is 2. The molecule has 7 heteroatoms. The van der Waals surface area contributed by atoms with E-state index in [2.05, 4.69) is 17.2 Å². The Morgan fingerprint density at radius 3 is 2.58 bits per heavy atom. The van der Waals surface area contributed by atoms with Crippen LogP contribution in [0, 0.1) is 6.92 Å². The Morgan fingerprint density at radius 1 is 1.10 bits per heavy atom. The number of carbonyl (C=O) groups excluding carboxylic acids is 1. The number of amides is 1. The summed E-state index contributed by atoms with van der Waals surface area (Å²) < 4.78 is 12.7. The molecule has 0 radical (unpaired) electrons. The molecular formula is C24H25N3O3S. The number of thiophene rings is 1. The van der Waals surface area contributed by atoms with E-state index in [4.69, 9.17) is 9.47 Å². The lowest BCUT2D eigenvalue weighted by Crippen LogP contribution is -2.25. The third-order valence-electron chi connectivity index (χ3n) is 5.24. The third-order valence-corrected chi connectivity index (χ3v) is 6.38. The maximum absolute atomic E-state index is 13.2. The predicted octanol–water partition coefficient (Wildman–Crippen LogP) is 4.74. The van der Waals surface area contributed by atoms with Gasteiger partial charge in [-0.15, -0.1) is 11.3 Å². The van der Waals surface area contributed by atoms with Crippen molar-refractivity contribution >= 4 is 27.5 Å². The van der Waals surface area contributed by atoms with E-state index in [9.17, 15) is 4.79 Å². The van der Waals surface area contributed by atoms with E-state index in [0.29, 0.717) is 23.7 Å². The zero-order valence-electron chi connectivity index (χ0n) is 18.1. The number of nitrogens with zero attached hydrogens (tertiary/aromatic N) is 3. The molecule has 0 spiro atoms. The number of carbonyl (C=O) groups is 1. The molecular weight excluding hydrogens is 410 g/mol. The Morgan fingerprint density at radius 2 is 1.87 bits per heavy atom. The molecule has 0 saturated carbocycles. The second-order valence-electron chi connectivity index (χ2n) is 7.40. The van der Waals surface area contributed by atoms with E-state index < -0.39 is 0 Å². The molecule has 0 N–H and O–H groups in total. The SMILES string of the molecule is COc1ccc(CN(C)C(=O)c2cc3c(C)nn(Cc4ccccc4)c3s2)c(OC)c1. The fraction of sp³-hybridized carbons (Fsp3) is 0.250. The van der Waals surface area contributed by atoms with Crippen LogP contribution in [0.15, 0.2) is 54.6 Å². The lowest BCUT2D eigenvalue weighted by Gasteiger charge is -2.18. The number of ether oxygens (including phenoxy) is 2. The van der Waals surface area contributed by atoms with Gasteiger partial charge in [0.1, 0.15) is 16.3 Å². The smallest absolute Gasteiger partial charge is 0.264 e. The first-order chi connectivity index (χ1) is 15.0. The van der Waals surface area contributed by atoms with Crippen LogP contribution in [-0.2, 0) is 13.1 Å². The minimum atomic E-state index is -0.0234. The summed E-state index contributed by atoms with van der Waals surface area (Å²) in [5.74, 6) is 1.40. The normalized spacial score (nSPS) is 11.0. The van der Waals surface area contributed by atoms with Crippen LogP contribution in [-0.4, -0.2) is 41.9 Å². The fourth-order valence-electron chi connectivity index (χ4n) is 3.58. The first kappa shape index (κ1) is 20.9. The molecule has 6 nitrogen and oxygen atoms in total. The maximum Gasteiger partial charge on any atom is 0.264 e. The van der Waals surface area contributed by atoms with Crippen LogP contribution < -0.4 is 9.47 Å². The van der Waals surface area contributed by atoms with Crippen LogP contribution in [0.1, 0.15) is 26.5 Å². The van der Waals surface area contributed by atoms with E-state index in [-0.39, 0.29) is 5.91 Å². The van der Waals surface area contributed by atoms with Gasteiger partial charge in [-0.2, -0.15) is 5.10 Å². The maximum atomic E-state index is 13.2. The quantitative estimate of drug-likeness (QED) is 0.421. The highest BCUT2D eigenvalue weighted by Gasteiger charge is 2.20. The highest BCUT2D eigenvalue weighted by atomic mass is 32.1. The summed E-state index contributed by atoms with van der Waals surface area (Å²) in [5, 5.41) is 5.70. The standard InChI is InChI=1S/C24H25N3O3S/c1-16-20-13-22(31-24(20)27(25-16)14-17-8-6-5-7-9-17)23(28)26(2)15-18-10-11-19(29-3)12-21(18)30-4/h5-13H,14-15H2,1-4H3. The van der Waals surface area contributed by atoms with Gasteiger partial charge in [0.05, 0.1) is 31.3 Å². The Labute approximate surface area is 185 Å². The zero-order valence-corrected chi connectivity index (χ0v) is 18.9. The topological polar surface area (TPSA) is 56.6 Å². The summed E-state index contributed by atoms with van der Waals surface area (Å²) in [6.45, 7) is 3.10. The lowest BCUT2D eigenvalue weighted by atomic mass is 10.1. The largest absolute Gasteiger partial charge is 0.497 e. The molecule has 0 fully saturated rings. The molecule has 0 bridgehead atoms. The molecule has 2 aromatic heterocycles. The minimum absolute atomic E-state index is 0.0234. The van der Waals surface area contributed by atoms with Gasteiger partial charge in [-0.1, -0.05) is 30.3 Å². The summed E-state index contributed by atoms with van der Waals surface area (Å²) in [4.78, 5) is 16.6. The van der Waals surface area contributed by atoms with Crippen molar-refractivity contribution < 1.29 is 14.3 Å². The molecule has 4 rings (SSSR count). The van der Waals surface area contributed by atoms with Crippen molar-refractivity contribution in [2.24, 2.45) is 0 Å². The lowest BCUT2D eigenvalue weighted by molar-refractivity contribution is 0.0789. The van der Waals surface area contributed by atoms with Crippen molar-refractivity contribution in [2.75, 3.05) is 21.3 Å². The van der Waals surface area contributed by atoms with Gasteiger partial charge in [-0.3, -0.25) is 9.48 Å². The summed E-state index contributed by atoms with van der Waals surface area (Å²) >= 11 is 1.49. The Balaban J connectivity index is 1.57.